The number of hydrogen-bond donors (Lipinski definition) is 0. The lowest BCUT2D eigenvalue weighted by molar-refractivity contribution is -0.119. The van der Waals surface area contributed by atoms with Gasteiger partial charge in [-0.1, -0.05) is 6.92 Å². The van der Waals surface area contributed by atoms with Gasteiger partial charge < -0.3 is 9.47 Å². The van der Waals surface area contributed by atoms with Gasteiger partial charge in [-0.15, -0.1) is 0 Å². The molecule has 0 amide bonds. The van der Waals surface area contributed by atoms with Crippen molar-refractivity contribution in [3.05, 3.63) is 0 Å². The number of carbonyl (C=O) groups is 1. The molecule has 1 unspecified atom stereocenters. The Hall–Kier alpha value is -0.410. The van der Waals surface area contributed by atoms with Crippen molar-refractivity contribution in [1.29, 1.82) is 0 Å². The van der Waals surface area contributed by atoms with E-state index in [1.807, 2.05) is 6.92 Å². The van der Waals surface area contributed by atoms with E-state index in [4.69, 9.17) is 9.47 Å². The van der Waals surface area contributed by atoms with Crippen LogP contribution < -0.4 is 0 Å². The molecule has 0 aromatic carbocycles. The SMILES string of the molecule is CCC(=O)CCCOC1CCOC1. The van der Waals surface area contributed by atoms with E-state index in [0.29, 0.717) is 25.2 Å². The van der Waals surface area contributed by atoms with Gasteiger partial charge in [0.1, 0.15) is 5.78 Å². The minimum Gasteiger partial charge on any atom is -0.379 e. The molecule has 1 aliphatic rings. The van der Waals surface area contributed by atoms with Crippen molar-refractivity contribution in [2.45, 2.75) is 38.7 Å². The fraction of sp³-hybridized carbons (Fsp3) is 0.900. The summed E-state index contributed by atoms with van der Waals surface area (Å²) in [5.74, 6) is 0.325. The lowest BCUT2D eigenvalue weighted by Crippen LogP contribution is -2.13. The average Bonchev–Trinajstić information content (AvgIpc) is 2.64. The van der Waals surface area contributed by atoms with Crippen molar-refractivity contribution in [2.75, 3.05) is 19.8 Å². The summed E-state index contributed by atoms with van der Waals surface area (Å²) in [5, 5.41) is 0. The van der Waals surface area contributed by atoms with Gasteiger partial charge in [-0.25, -0.2) is 0 Å². The largest absolute Gasteiger partial charge is 0.379 e. The number of ether oxygens (including phenoxy) is 2. The number of Topliss-reactive ketones (excluding diaryl/α,β-unsaturated/α-hetero) is 1. The molecular weight excluding hydrogens is 168 g/mol. The van der Waals surface area contributed by atoms with E-state index in [2.05, 4.69) is 0 Å². The summed E-state index contributed by atoms with van der Waals surface area (Å²) >= 11 is 0. The molecule has 3 heteroatoms. The van der Waals surface area contributed by atoms with E-state index in [9.17, 15) is 4.79 Å². The Balaban J connectivity index is 1.91. The van der Waals surface area contributed by atoms with Crippen LogP contribution in [0.25, 0.3) is 0 Å². The lowest BCUT2D eigenvalue weighted by Gasteiger charge is -2.08. The van der Waals surface area contributed by atoms with Crippen LogP contribution in [0.4, 0.5) is 0 Å². The molecule has 1 heterocycles. The molecule has 0 radical (unpaired) electrons. The summed E-state index contributed by atoms with van der Waals surface area (Å²) in [6.45, 7) is 4.13. The molecular formula is C10H18O3. The molecule has 3 nitrogen and oxygen atoms in total. The Labute approximate surface area is 79.4 Å². The summed E-state index contributed by atoms with van der Waals surface area (Å²) < 4.78 is 10.7. The van der Waals surface area contributed by atoms with Gasteiger partial charge in [0.15, 0.2) is 0 Å². The highest BCUT2D eigenvalue weighted by molar-refractivity contribution is 5.77. The van der Waals surface area contributed by atoms with E-state index in [1.165, 1.54) is 0 Å². The fourth-order valence-electron chi connectivity index (χ4n) is 1.34. The molecule has 13 heavy (non-hydrogen) atoms. The molecule has 1 saturated heterocycles. The second kappa shape index (κ2) is 6.11. The van der Waals surface area contributed by atoms with Crippen LogP contribution in [0, 0.1) is 0 Å². The van der Waals surface area contributed by atoms with Gasteiger partial charge in [0.25, 0.3) is 0 Å². The summed E-state index contributed by atoms with van der Waals surface area (Å²) in [6.07, 6.45) is 3.43. The number of hydrogen-bond acceptors (Lipinski definition) is 3. The van der Waals surface area contributed by atoms with Crippen LogP contribution in [0.1, 0.15) is 32.6 Å². The fourth-order valence-corrected chi connectivity index (χ4v) is 1.34. The summed E-state index contributed by atoms with van der Waals surface area (Å²) in [5.41, 5.74) is 0. The average molecular weight is 186 g/mol. The van der Waals surface area contributed by atoms with E-state index in [0.717, 1.165) is 26.1 Å². The first-order valence-corrected chi connectivity index (χ1v) is 5.04. The number of carbonyl (C=O) groups excluding carboxylic acids is 1. The van der Waals surface area contributed by atoms with Crippen LogP contribution in [-0.4, -0.2) is 31.7 Å². The van der Waals surface area contributed by atoms with Gasteiger partial charge in [0, 0.05) is 26.1 Å². The third-order valence-electron chi connectivity index (χ3n) is 2.24. The molecule has 1 rings (SSSR count). The minimum atomic E-state index is 0.275. The quantitative estimate of drug-likeness (QED) is 0.590. The second-order valence-electron chi connectivity index (χ2n) is 3.35. The van der Waals surface area contributed by atoms with Gasteiger partial charge in [-0.2, -0.15) is 0 Å². The van der Waals surface area contributed by atoms with Gasteiger partial charge in [-0.05, 0) is 12.8 Å². The molecule has 0 aliphatic carbocycles. The molecule has 0 aromatic heterocycles. The van der Waals surface area contributed by atoms with E-state index in [-0.39, 0.29) is 6.10 Å². The van der Waals surface area contributed by atoms with Crippen molar-refractivity contribution in [1.82, 2.24) is 0 Å². The smallest absolute Gasteiger partial charge is 0.132 e. The summed E-state index contributed by atoms with van der Waals surface area (Å²) in [6, 6.07) is 0. The minimum absolute atomic E-state index is 0.275. The van der Waals surface area contributed by atoms with Gasteiger partial charge in [0.2, 0.25) is 0 Å². The first-order chi connectivity index (χ1) is 6.33. The van der Waals surface area contributed by atoms with Crippen LogP contribution in [0.15, 0.2) is 0 Å². The zero-order valence-corrected chi connectivity index (χ0v) is 8.25. The molecule has 0 bridgehead atoms. The zero-order chi connectivity index (χ0) is 9.52. The molecule has 76 valence electrons. The Morgan fingerprint density at radius 1 is 1.62 bits per heavy atom. The number of rotatable bonds is 6. The maximum atomic E-state index is 10.9. The lowest BCUT2D eigenvalue weighted by atomic mass is 10.2. The first kappa shape index (κ1) is 10.7. The molecule has 1 fully saturated rings. The van der Waals surface area contributed by atoms with Crippen molar-refractivity contribution in [3.63, 3.8) is 0 Å². The Morgan fingerprint density at radius 2 is 2.46 bits per heavy atom. The van der Waals surface area contributed by atoms with E-state index in [1.54, 1.807) is 0 Å². The third-order valence-corrected chi connectivity index (χ3v) is 2.24. The van der Waals surface area contributed by atoms with Crippen molar-refractivity contribution in [2.24, 2.45) is 0 Å². The van der Waals surface area contributed by atoms with Crippen LogP contribution in [0.3, 0.4) is 0 Å². The highest BCUT2D eigenvalue weighted by atomic mass is 16.5. The third kappa shape index (κ3) is 4.39. The van der Waals surface area contributed by atoms with Gasteiger partial charge in [0.05, 0.1) is 12.7 Å². The maximum absolute atomic E-state index is 10.9. The highest BCUT2D eigenvalue weighted by Gasteiger charge is 2.15. The van der Waals surface area contributed by atoms with Crippen molar-refractivity contribution < 1.29 is 14.3 Å². The topological polar surface area (TPSA) is 35.5 Å². The van der Waals surface area contributed by atoms with Crippen molar-refractivity contribution in [3.8, 4) is 0 Å². The van der Waals surface area contributed by atoms with Gasteiger partial charge in [-0.3, -0.25) is 4.79 Å². The first-order valence-electron chi connectivity index (χ1n) is 5.04. The zero-order valence-electron chi connectivity index (χ0n) is 8.25. The standard InChI is InChI=1S/C10H18O3/c1-2-9(11)4-3-6-13-10-5-7-12-8-10/h10H,2-8H2,1H3. The summed E-state index contributed by atoms with van der Waals surface area (Å²) in [4.78, 5) is 10.9. The normalized spacial score (nSPS) is 22.1. The highest BCUT2D eigenvalue weighted by Crippen LogP contribution is 2.08. The van der Waals surface area contributed by atoms with Crippen molar-refractivity contribution >= 4 is 5.78 Å². The molecule has 1 atom stereocenters. The monoisotopic (exact) mass is 186 g/mol. The van der Waals surface area contributed by atoms with Gasteiger partial charge >= 0.3 is 0 Å². The van der Waals surface area contributed by atoms with E-state index < -0.39 is 0 Å². The van der Waals surface area contributed by atoms with Crippen LogP contribution in [0.2, 0.25) is 0 Å². The predicted octanol–water partition coefficient (Wildman–Crippen LogP) is 1.55. The molecule has 0 saturated carbocycles. The van der Waals surface area contributed by atoms with Crippen LogP contribution in [0.5, 0.6) is 0 Å². The number of ketones is 1. The molecule has 0 N–H and O–H groups in total. The van der Waals surface area contributed by atoms with Crippen LogP contribution in [-0.2, 0) is 14.3 Å². The maximum Gasteiger partial charge on any atom is 0.132 e. The second-order valence-corrected chi connectivity index (χ2v) is 3.35. The Morgan fingerprint density at radius 3 is 3.08 bits per heavy atom. The molecule has 0 aromatic rings. The van der Waals surface area contributed by atoms with E-state index >= 15 is 0 Å². The summed E-state index contributed by atoms with van der Waals surface area (Å²) in [7, 11) is 0. The molecule has 0 spiro atoms. The Bertz CT molecular complexity index is 150. The Kier molecular flexibility index (Phi) is 5.01. The molecule has 1 aliphatic heterocycles. The predicted molar refractivity (Wildman–Crippen MR) is 49.7 cm³/mol. The van der Waals surface area contributed by atoms with Crippen LogP contribution >= 0.6 is 0 Å².